The van der Waals surface area contributed by atoms with Crippen LogP contribution in [0.3, 0.4) is 0 Å². The van der Waals surface area contributed by atoms with Gasteiger partial charge in [-0.05, 0) is 0 Å². The lowest BCUT2D eigenvalue weighted by atomic mass is 10.1. The largest absolute Gasteiger partial charge is 0.542 e. The highest BCUT2D eigenvalue weighted by Crippen LogP contribution is 2.26. The number of amides is 2. The molecule has 0 aromatic rings. The highest BCUT2D eigenvalue weighted by molar-refractivity contribution is 6.67. The van der Waals surface area contributed by atoms with Crippen molar-refractivity contribution in [3.63, 3.8) is 0 Å². The topological polar surface area (TPSA) is 114 Å². The average Bonchev–Trinajstić information content (AvgIpc) is 2.31. The van der Waals surface area contributed by atoms with Crippen LogP contribution in [0.5, 0.6) is 0 Å². The quantitative estimate of drug-likeness (QED) is 0.478. The first-order chi connectivity index (χ1) is 9.25. The molecule has 0 radical (unpaired) electrons. The van der Waals surface area contributed by atoms with Gasteiger partial charge >= 0.3 is 12.3 Å². The first kappa shape index (κ1) is 20.0. The van der Waals surface area contributed by atoms with Crippen molar-refractivity contribution in [1.29, 1.82) is 0 Å². The fourth-order valence-corrected chi connectivity index (χ4v) is 1.05. The van der Waals surface area contributed by atoms with Gasteiger partial charge in [-0.15, -0.1) is 0 Å². The monoisotopic (exact) mass is 374 g/mol. The number of aliphatic carboxylic acids is 1. The molecule has 1 aliphatic rings. The lowest BCUT2D eigenvalue weighted by molar-refractivity contribution is -0.419. The number of likely N-dealkylation sites (tertiary alicyclic amines) is 1. The molecule has 0 aliphatic carbocycles. The molecule has 13 heteroatoms. The third-order valence-electron chi connectivity index (χ3n) is 1.83. The van der Waals surface area contributed by atoms with Crippen molar-refractivity contribution in [2.45, 2.75) is 16.0 Å². The molecule has 21 heavy (non-hydrogen) atoms. The molecule has 1 aliphatic heterocycles. The summed E-state index contributed by atoms with van der Waals surface area (Å²) in [6.45, 7) is -0.139. The van der Waals surface area contributed by atoms with Crippen molar-refractivity contribution in [2.75, 3.05) is 13.2 Å². The van der Waals surface area contributed by atoms with Gasteiger partial charge in [0.25, 0.3) is 5.91 Å². The normalized spacial score (nSPS) is 18.3. The fraction of sp³-hybridized carbons (Fsp3) is 0.625. The molecule has 1 fully saturated rings. The minimum Gasteiger partial charge on any atom is -0.542 e. The van der Waals surface area contributed by atoms with Crippen LogP contribution < -0.4 is 10.8 Å². The lowest BCUT2D eigenvalue weighted by Gasteiger charge is -2.30. The first-order valence-corrected chi connectivity index (χ1v) is 6.05. The van der Waals surface area contributed by atoms with Gasteiger partial charge in [0.1, 0.15) is 12.6 Å². The van der Waals surface area contributed by atoms with Gasteiger partial charge in [-0.25, -0.2) is 9.69 Å². The van der Waals surface area contributed by atoms with Gasteiger partial charge in [0.15, 0.2) is 6.04 Å². The summed E-state index contributed by atoms with van der Waals surface area (Å²) >= 11 is 16.0. The summed E-state index contributed by atoms with van der Waals surface area (Å²) in [6, 6.07) is -0.379. The number of halogens is 6. The number of alkyl halides is 6. The van der Waals surface area contributed by atoms with Crippen LogP contribution in [0.25, 0.3) is 0 Å². The third-order valence-corrected chi connectivity index (χ3v) is 2.16. The molecule has 1 atom stereocenters. The van der Waals surface area contributed by atoms with Gasteiger partial charge in [0.05, 0.1) is 6.54 Å². The van der Waals surface area contributed by atoms with E-state index in [1.54, 1.807) is 0 Å². The second-order valence-electron chi connectivity index (χ2n) is 3.60. The molecule has 0 saturated carbocycles. The maximum Gasteiger partial charge on any atom is 0.430 e. The lowest BCUT2D eigenvalue weighted by Crippen LogP contribution is -2.79. The van der Waals surface area contributed by atoms with E-state index in [-0.39, 0.29) is 25.1 Å². The average molecular weight is 376 g/mol. The SMILES string of the molecule is O=C([O-])C(F)(F)F.[NH3+][C@H]1CN(C(=O)OCC(Cl)(Cl)Cl)C1=O. The molecule has 2 amide bonds. The summed E-state index contributed by atoms with van der Waals surface area (Å²) in [5.41, 5.74) is 3.49. The standard InChI is InChI=1S/C6H7Cl3N2O3.C2HF3O2/c7-6(8,9)2-14-5(13)11-1-3(10)4(11)12;3-2(4,5)1(6)7/h3H,1-2,10H2;(H,6,7)/t3-;/m0./s1. The van der Waals surface area contributed by atoms with Crippen LogP contribution in [-0.2, 0) is 14.3 Å². The summed E-state index contributed by atoms with van der Waals surface area (Å²) in [5.74, 6) is -3.38. The highest BCUT2D eigenvalue weighted by atomic mass is 35.6. The van der Waals surface area contributed by atoms with E-state index < -0.39 is 22.0 Å². The molecule has 0 spiro atoms. The minimum absolute atomic E-state index is 0.248. The van der Waals surface area contributed by atoms with Gasteiger partial charge < -0.3 is 20.4 Å². The number of carboxylic acid groups (broad SMARTS) is 1. The second-order valence-corrected chi connectivity index (χ2v) is 6.12. The Hall–Kier alpha value is -0.970. The zero-order valence-electron chi connectivity index (χ0n) is 9.95. The van der Waals surface area contributed by atoms with Crippen molar-refractivity contribution in [3.05, 3.63) is 0 Å². The summed E-state index contributed by atoms with van der Waals surface area (Å²) in [7, 11) is 0. The predicted octanol–water partition coefficient (Wildman–Crippen LogP) is -0.756. The van der Waals surface area contributed by atoms with E-state index in [4.69, 9.17) is 44.7 Å². The van der Waals surface area contributed by atoms with Crippen molar-refractivity contribution >= 4 is 52.8 Å². The third kappa shape index (κ3) is 7.55. The van der Waals surface area contributed by atoms with Crippen LogP contribution in [0.4, 0.5) is 18.0 Å². The Labute approximate surface area is 130 Å². The number of carbonyl (C=O) groups excluding carboxylic acids is 3. The summed E-state index contributed by atoms with van der Waals surface area (Å²) < 4.78 is 34.5. The van der Waals surface area contributed by atoms with Crippen LogP contribution in [0.15, 0.2) is 0 Å². The number of ether oxygens (including phenoxy) is 1. The van der Waals surface area contributed by atoms with E-state index in [1.807, 2.05) is 0 Å². The Bertz CT molecular complexity index is 426. The Morgan fingerprint density at radius 2 is 1.81 bits per heavy atom. The van der Waals surface area contributed by atoms with Crippen LogP contribution >= 0.6 is 34.8 Å². The second kappa shape index (κ2) is 7.34. The molecule has 3 N–H and O–H groups in total. The van der Waals surface area contributed by atoms with E-state index in [2.05, 4.69) is 10.5 Å². The molecule has 1 saturated heterocycles. The molecule has 1 rings (SSSR count). The van der Waals surface area contributed by atoms with E-state index in [9.17, 15) is 22.8 Å². The number of rotatable bonds is 1. The fourth-order valence-electron chi connectivity index (χ4n) is 0.882. The Balaban J connectivity index is 0.000000486. The molecule has 0 unspecified atom stereocenters. The number of β-lactam (4-membered cyclic amide) rings is 1. The number of carboxylic acids is 1. The van der Waals surface area contributed by atoms with Crippen molar-refractivity contribution in [3.8, 4) is 0 Å². The van der Waals surface area contributed by atoms with Gasteiger partial charge in [-0.3, -0.25) is 4.79 Å². The summed E-state index contributed by atoms with van der Waals surface area (Å²) in [4.78, 5) is 31.8. The van der Waals surface area contributed by atoms with Crippen molar-refractivity contribution in [1.82, 2.24) is 4.90 Å². The summed E-state index contributed by atoms with van der Waals surface area (Å²) in [6.07, 6.45) is -6.00. The number of carbonyl (C=O) groups is 3. The van der Waals surface area contributed by atoms with Crippen molar-refractivity contribution < 1.29 is 43.1 Å². The Morgan fingerprint density at radius 3 is 2.05 bits per heavy atom. The predicted molar refractivity (Wildman–Crippen MR) is 61.1 cm³/mol. The molecule has 1 heterocycles. The van der Waals surface area contributed by atoms with E-state index in [0.717, 1.165) is 4.90 Å². The number of quaternary nitrogens is 1. The Kier molecular flexibility index (Phi) is 7.00. The molecule has 0 aromatic heterocycles. The van der Waals surface area contributed by atoms with E-state index in [1.165, 1.54) is 0 Å². The number of hydrogen-bond donors (Lipinski definition) is 1. The van der Waals surface area contributed by atoms with Crippen molar-refractivity contribution in [2.24, 2.45) is 0 Å². The van der Waals surface area contributed by atoms with Gasteiger partial charge in [-0.2, -0.15) is 13.2 Å². The molecule has 0 aromatic carbocycles. The van der Waals surface area contributed by atoms with Crippen LogP contribution in [0.1, 0.15) is 0 Å². The maximum absolute atomic E-state index is 11.1. The molecular weight excluding hydrogens is 367 g/mol. The maximum atomic E-state index is 11.1. The van der Waals surface area contributed by atoms with Crippen LogP contribution in [0, 0.1) is 0 Å². The smallest absolute Gasteiger partial charge is 0.430 e. The number of nitrogens with zero attached hydrogens (tertiary/aromatic N) is 1. The number of imide groups is 1. The van der Waals surface area contributed by atoms with E-state index >= 15 is 0 Å². The van der Waals surface area contributed by atoms with Crippen LogP contribution in [-0.4, -0.2) is 52.0 Å². The summed E-state index contributed by atoms with van der Waals surface area (Å²) in [5, 5.41) is 8.78. The van der Waals surface area contributed by atoms with Crippen LogP contribution in [0.2, 0.25) is 0 Å². The first-order valence-electron chi connectivity index (χ1n) is 4.92. The zero-order chi connectivity index (χ0) is 17.0. The Morgan fingerprint density at radius 1 is 1.38 bits per heavy atom. The molecule has 122 valence electrons. The van der Waals surface area contributed by atoms with Gasteiger partial charge in [0.2, 0.25) is 3.79 Å². The van der Waals surface area contributed by atoms with E-state index in [0.29, 0.717) is 0 Å². The zero-order valence-corrected chi connectivity index (χ0v) is 12.2. The molecule has 0 bridgehead atoms. The van der Waals surface area contributed by atoms with Gasteiger partial charge in [0, 0.05) is 0 Å². The number of hydrogen-bond acceptors (Lipinski definition) is 5. The minimum atomic E-state index is -5.19. The highest BCUT2D eigenvalue weighted by Gasteiger charge is 2.43. The molecular formula is C8H8Cl3F3N2O5. The molecule has 7 nitrogen and oxygen atoms in total. The van der Waals surface area contributed by atoms with Gasteiger partial charge in [-0.1, -0.05) is 34.8 Å².